The fraction of sp³-hybridized carbons (Fsp3) is 0.316. The molecule has 0 unspecified atom stereocenters. The molecule has 5 nitrogen and oxygen atoms in total. The Labute approximate surface area is 162 Å². The van der Waals surface area contributed by atoms with Crippen LogP contribution in [-0.4, -0.2) is 38.4 Å². The third-order valence-electron chi connectivity index (χ3n) is 4.43. The molecule has 1 atom stereocenters. The van der Waals surface area contributed by atoms with E-state index in [0.717, 1.165) is 21.4 Å². The van der Waals surface area contributed by atoms with Gasteiger partial charge < -0.3 is 10.2 Å². The summed E-state index contributed by atoms with van der Waals surface area (Å²) in [7, 11) is -3.08. The van der Waals surface area contributed by atoms with Gasteiger partial charge in [0, 0.05) is 15.8 Å². The van der Waals surface area contributed by atoms with Crippen molar-refractivity contribution in [1.82, 2.24) is 0 Å². The highest BCUT2D eigenvalue weighted by molar-refractivity contribution is 9.10. The fourth-order valence-corrected chi connectivity index (χ4v) is 5.48. The van der Waals surface area contributed by atoms with E-state index in [4.69, 9.17) is 0 Å². The summed E-state index contributed by atoms with van der Waals surface area (Å²) in [5.41, 5.74) is 2.68. The minimum absolute atomic E-state index is 0.0157. The zero-order chi connectivity index (χ0) is 18.7. The molecule has 2 aromatic rings. The van der Waals surface area contributed by atoms with E-state index in [1.165, 1.54) is 0 Å². The maximum Gasteiger partial charge on any atom is 0.246 e. The van der Waals surface area contributed by atoms with E-state index in [0.29, 0.717) is 6.42 Å². The van der Waals surface area contributed by atoms with Crippen molar-refractivity contribution in [3.05, 3.63) is 58.6 Å². The number of hydrogen-bond acceptors (Lipinski definition) is 4. The highest BCUT2D eigenvalue weighted by Crippen LogP contribution is 2.26. The molecular formula is C19H21BrN2O3S. The largest absolute Gasteiger partial charge is 0.375 e. The molecule has 0 spiro atoms. The van der Waals surface area contributed by atoms with E-state index in [2.05, 4.69) is 21.2 Å². The van der Waals surface area contributed by atoms with Gasteiger partial charge in [0.1, 0.15) is 0 Å². The topological polar surface area (TPSA) is 66.5 Å². The van der Waals surface area contributed by atoms with Crippen molar-refractivity contribution in [2.75, 3.05) is 28.3 Å². The summed E-state index contributed by atoms with van der Waals surface area (Å²) >= 11 is 3.49. The van der Waals surface area contributed by atoms with Crippen LogP contribution in [0.2, 0.25) is 0 Å². The van der Waals surface area contributed by atoms with Gasteiger partial charge in [-0.25, -0.2) is 8.42 Å². The highest BCUT2D eigenvalue weighted by atomic mass is 79.9. The number of carbonyl (C=O) groups is 1. The van der Waals surface area contributed by atoms with Crippen molar-refractivity contribution >= 4 is 43.0 Å². The van der Waals surface area contributed by atoms with E-state index in [9.17, 15) is 13.2 Å². The summed E-state index contributed by atoms with van der Waals surface area (Å²) in [5.74, 6) is -0.00152. The number of para-hydroxylation sites is 1. The molecule has 3 rings (SSSR count). The Bertz CT molecular complexity index is 900. The smallest absolute Gasteiger partial charge is 0.246 e. The molecule has 1 amide bonds. The van der Waals surface area contributed by atoms with Crippen LogP contribution in [0.3, 0.4) is 0 Å². The molecule has 0 saturated carbocycles. The number of aryl methyl sites for hydroxylation is 1. The molecule has 0 bridgehead atoms. The Kier molecular flexibility index (Phi) is 5.67. The lowest BCUT2D eigenvalue weighted by molar-refractivity contribution is -0.117. The number of sulfone groups is 1. The standard InChI is InChI=1S/C19H21BrN2O3S/c1-14-7-8-18(17(20)11-14)21-12-19(23)22(15-5-3-2-4-6-15)16-9-10-26(24,25)13-16/h2-8,11,16,21H,9-10,12-13H2,1H3/t16-/m0/s1. The molecule has 0 aromatic heterocycles. The number of halogens is 1. The van der Waals surface area contributed by atoms with Crippen LogP contribution in [0, 0.1) is 6.92 Å². The van der Waals surface area contributed by atoms with Crippen LogP contribution in [0.15, 0.2) is 53.0 Å². The van der Waals surface area contributed by atoms with Gasteiger partial charge in [-0.3, -0.25) is 4.79 Å². The normalized spacial score (nSPS) is 18.5. The molecule has 1 saturated heterocycles. The SMILES string of the molecule is Cc1ccc(NCC(=O)N(c2ccccc2)[C@H]2CCS(=O)(=O)C2)c(Br)c1. The second kappa shape index (κ2) is 7.80. The molecular weight excluding hydrogens is 416 g/mol. The van der Waals surface area contributed by atoms with E-state index in [1.54, 1.807) is 4.90 Å². The molecule has 138 valence electrons. The van der Waals surface area contributed by atoms with Gasteiger partial charge in [-0.05, 0) is 59.1 Å². The van der Waals surface area contributed by atoms with E-state index in [1.807, 2.05) is 55.5 Å². The molecule has 1 N–H and O–H groups in total. The summed E-state index contributed by atoms with van der Waals surface area (Å²) in [6.07, 6.45) is 0.469. The van der Waals surface area contributed by atoms with Gasteiger partial charge in [-0.1, -0.05) is 24.3 Å². The first-order valence-electron chi connectivity index (χ1n) is 8.43. The van der Waals surface area contributed by atoms with E-state index >= 15 is 0 Å². The van der Waals surface area contributed by atoms with Crippen LogP contribution in [0.25, 0.3) is 0 Å². The third kappa shape index (κ3) is 4.45. The molecule has 0 aliphatic carbocycles. The Balaban J connectivity index is 1.79. The number of hydrogen-bond donors (Lipinski definition) is 1. The summed E-state index contributed by atoms with van der Waals surface area (Å²) < 4.78 is 24.7. The lowest BCUT2D eigenvalue weighted by Gasteiger charge is -2.28. The van der Waals surface area contributed by atoms with Crippen molar-refractivity contribution in [2.24, 2.45) is 0 Å². The second-order valence-electron chi connectivity index (χ2n) is 6.49. The molecule has 1 fully saturated rings. The van der Waals surface area contributed by atoms with Crippen LogP contribution in [0.1, 0.15) is 12.0 Å². The Hall–Kier alpha value is -1.86. The van der Waals surface area contributed by atoms with Gasteiger partial charge in [0.2, 0.25) is 5.91 Å². The molecule has 2 aromatic carbocycles. The van der Waals surface area contributed by atoms with Crippen LogP contribution in [0.4, 0.5) is 11.4 Å². The molecule has 7 heteroatoms. The number of carbonyl (C=O) groups excluding carboxylic acids is 1. The highest BCUT2D eigenvalue weighted by Gasteiger charge is 2.35. The average Bonchev–Trinajstić information content (AvgIpc) is 2.95. The van der Waals surface area contributed by atoms with Crippen molar-refractivity contribution in [2.45, 2.75) is 19.4 Å². The molecule has 26 heavy (non-hydrogen) atoms. The predicted octanol–water partition coefficient (Wildman–Crippen LogP) is 3.39. The summed E-state index contributed by atoms with van der Waals surface area (Å²) in [6, 6.07) is 14.8. The third-order valence-corrected chi connectivity index (χ3v) is 6.84. The fourth-order valence-electron chi connectivity index (χ4n) is 3.15. The van der Waals surface area contributed by atoms with Crippen molar-refractivity contribution in [1.29, 1.82) is 0 Å². The quantitative estimate of drug-likeness (QED) is 0.779. The summed E-state index contributed by atoms with van der Waals surface area (Å²) in [4.78, 5) is 14.6. The zero-order valence-electron chi connectivity index (χ0n) is 14.5. The Morgan fingerprint density at radius 2 is 1.96 bits per heavy atom. The van der Waals surface area contributed by atoms with Gasteiger partial charge in [0.05, 0.1) is 24.1 Å². The first-order chi connectivity index (χ1) is 12.4. The van der Waals surface area contributed by atoms with E-state index < -0.39 is 9.84 Å². The van der Waals surface area contributed by atoms with Gasteiger partial charge in [-0.15, -0.1) is 0 Å². The second-order valence-corrected chi connectivity index (χ2v) is 9.58. The minimum atomic E-state index is -3.08. The monoisotopic (exact) mass is 436 g/mol. The zero-order valence-corrected chi connectivity index (χ0v) is 16.9. The van der Waals surface area contributed by atoms with Gasteiger partial charge in [0.15, 0.2) is 9.84 Å². The van der Waals surface area contributed by atoms with E-state index in [-0.39, 0.29) is 30.0 Å². The Morgan fingerprint density at radius 3 is 2.58 bits per heavy atom. The molecule has 0 radical (unpaired) electrons. The number of nitrogens with one attached hydrogen (secondary N) is 1. The van der Waals surface area contributed by atoms with Crippen LogP contribution < -0.4 is 10.2 Å². The number of nitrogens with zero attached hydrogens (tertiary/aromatic N) is 1. The van der Waals surface area contributed by atoms with Crippen molar-refractivity contribution in [3.63, 3.8) is 0 Å². The first-order valence-corrected chi connectivity index (χ1v) is 11.0. The first kappa shape index (κ1) is 18.9. The van der Waals surface area contributed by atoms with Crippen LogP contribution in [-0.2, 0) is 14.6 Å². The maximum atomic E-state index is 12.9. The summed E-state index contributed by atoms with van der Waals surface area (Å²) in [5, 5.41) is 3.15. The number of benzene rings is 2. The lowest BCUT2D eigenvalue weighted by Crippen LogP contribution is -2.44. The average molecular weight is 437 g/mol. The Morgan fingerprint density at radius 1 is 1.23 bits per heavy atom. The van der Waals surface area contributed by atoms with Gasteiger partial charge in [0.25, 0.3) is 0 Å². The van der Waals surface area contributed by atoms with Crippen LogP contribution in [0.5, 0.6) is 0 Å². The molecule has 1 aliphatic rings. The predicted molar refractivity (Wildman–Crippen MR) is 108 cm³/mol. The maximum absolute atomic E-state index is 12.9. The molecule has 1 aliphatic heterocycles. The van der Waals surface area contributed by atoms with Gasteiger partial charge in [-0.2, -0.15) is 0 Å². The minimum Gasteiger partial charge on any atom is -0.375 e. The lowest BCUT2D eigenvalue weighted by atomic mass is 10.1. The van der Waals surface area contributed by atoms with Crippen molar-refractivity contribution < 1.29 is 13.2 Å². The molecule has 1 heterocycles. The van der Waals surface area contributed by atoms with Crippen LogP contribution >= 0.6 is 15.9 Å². The number of rotatable bonds is 5. The van der Waals surface area contributed by atoms with Crippen molar-refractivity contribution in [3.8, 4) is 0 Å². The number of anilines is 2. The number of amides is 1. The summed E-state index contributed by atoms with van der Waals surface area (Å²) in [6.45, 7) is 2.09. The van der Waals surface area contributed by atoms with Gasteiger partial charge >= 0.3 is 0 Å².